The third-order valence-corrected chi connectivity index (χ3v) is 4.40. The van der Waals surface area contributed by atoms with Gasteiger partial charge in [0.1, 0.15) is 0 Å². The van der Waals surface area contributed by atoms with Crippen molar-refractivity contribution in [1.82, 2.24) is 0 Å². The van der Waals surface area contributed by atoms with E-state index in [4.69, 9.17) is 9.79 Å². The second-order valence-electron chi connectivity index (χ2n) is 6.40. The van der Waals surface area contributed by atoms with Crippen molar-refractivity contribution in [3.63, 3.8) is 0 Å². The molecule has 4 nitrogen and oxygen atoms in total. The lowest BCUT2D eigenvalue weighted by Gasteiger charge is -2.38. The summed E-state index contributed by atoms with van der Waals surface area (Å²) in [6.45, 7) is 12.7. The lowest BCUT2D eigenvalue weighted by Crippen LogP contribution is -2.29. The average molecular weight is 277 g/mol. The summed E-state index contributed by atoms with van der Waals surface area (Å²) in [5, 5.41) is 0. The van der Waals surface area contributed by atoms with Crippen molar-refractivity contribution >= 4 is 15.3 Å². The topological polar surface area (TPSA) is 66.8 Å². The first-order valence-corrected chi connectivity index (χ1v) is 8.04. The van der Waals surface area contributed by atoms with Gasteiger partial charge in [-0.15, -0.1) is 0 Å². The molecule has 0 aromatic heterocycles. The molecule has 0 saturated carbocycles. The minimum absolute atomic E-state index is 0.0186. The molecule has 0 spiro atoms. The summed E-state index contributed by atoms with van der Waals surface area (Å²) in [6.07, 6.45) is 2.80. The van der Waals surface area contributed by atoms with E-state index in [0.717, 1.165) is 19.3 Å². The molecule has 18 heavy (non-hydrogen) atoms. The minimum atomic E-state index is -4.43. The van der Waals surface area contributed by atoms with Gasteiger partial charge < -0.3 is 14.2 Å². The monoisotopic (exact) mass is 277 g/mol. The van der Waals surface area contributed by atoms with Crippen LogP contribution < -0.4 is 0 Å². The molecule has 0 saturated heterocycles. The third-order valence-electron chi connectivity index (χ3n) is 4.01. The molecule has 0 bridgehead atoms. The third kappa shape index (κ3) is 6.94. The van der Waals surface area contributed by atoms with E-state index in [0.29, 0.717) is 0 Å². The molecule has 6 heteroatoms. The van der Waals surface area contributed by atoms with E-state index in [9.17, 15) is 4.57 Å². The van der Waals surface area contributed by atoms with Crippen LogP contribution in [-0.2, 0) is 9.01 Å². The van der Waals surface area contributed by atoms with Crippen LogP contribution in [0, 0.1) is 10.8 Å². The largest absolute Gasteiger partial charge is 0.454 e. The highest BCUT2D eigenvalue weighted by atomic mass is 31.2. The van der Waals surface area contributed by atoms with Gasteiger partial charge in [-0.3, -0.25) is 0 Å². The van der Waals surface area contributed by atoms with Crippen LogP contribution in [0.25, 0.3) is 0 Å². The molecule has 0 aliphatic carbocycles. The quantitative estimate of drug-likeness (QED) is 0.523. The van der Waals surface area contributed by atoms with Crippen molar-refractivity contribution in [3.8, 4) is 0 Å². The average Bonchev–Trinajstić information content (AvgIpc) is 2.22. The Kier molecular flexibility index (Phi) is 6.62. The van der Waals surface area contributed by atoms with Crippen molar-refractivity contribution < 1.29 is 18.8 Å². The van der Waals surface area contributed by atoms with Crippen LogP contribution >= 0.6 is 7.82 Å². The number of rotatable bonds is 8. The van der Waals surface area contributed by atoms with E-state index in [1.54, 1.807) is 0 Å². The Morgan fingerprint density at radius 1 is 1.17 bits per heavy atom. The molecule has 0 amide bonds. The van der Waals surface area contributed by atoms with Gasteiger partial charge in [-0.2, -0.15) is 0 Å². The summed E-state index contributed by atoms with van der Waals surface area (Å²) in [5.41, 5.74) is 0.0908. The molecular weight excluding hydrogens is 250 g/mol. The second-order valence-corrected chi connectivity index (χ2v) is 7.59. The van der Waals surface area contributed by atoms with Gasteiger partial charge in [0.25, 0.3) is 0 Å². The van der Waals surface area contributed by atoms with E-state index < -0.39 is 7.82 Å². The molecule has 0 fully saturated rings. The first-order valence-electron chi connectivity index (χ1n) is 6.51. The standard InChI is InChI=1S/C12H27BO4P/c1-7-11(3,4)9-10(12(5,6)8-2)13-17-18(14,15)16/h10H,7-9H2,1-6H3,(H2,14,15,16). The van der Waals surface area contributed by atoms with E-state index in [1.807, 2.05) is 0 Å². The molecule has 107 valence electrons. The Hall–Kier alpha value is 0.175. The normalized spacial score (nSPS) is 15.6. The second kappa shape index (κ2) is 6.56. The maximum absolute atomic E-state index is 10.8. The molecule has 1 unspecified atom stereocenters. The SMILES string of the molecule is CCC(C)(C)CC([B]OP(=O)(O)O)C(C)(C)CC. The van der Waals surface area contributed by atoms with Gasteiger partial charge in [0.05, 0.1) is 0 Å². The maximum atomic E-state index is 10.8. The Labute approximate surface area is 112 Å². The maximum Gasteiger partial charge on any atom is 0.454 e. The zero-order chi connectivity index (χ0) is 14.6. The van der Waals surface area contributed by atoms with Crippen molar-refractivity contribution in [2.75, 3.05) is 0 Å². The Morgan fingerprint density at radius 3 is 2.00 bits per heavy atom. The molecule has 1 atom stereocenters. The summed E-state index contributed by atoms with van der Waals surface area (Å²) in [7, 11) is -3.08. The van der Waals surface area contributed by atoms with Gasteiger partial charge in [-0.25, -0.2) is 4.57 Å². The van der Waals surface area contributed by atoms with Crippen LogP contribution in [0.3, 0.4) is 0 Å². The van der Waals surface area contributed by atoms with Crippen LogP contribution in [-0.4, -0.2) is 17.3 Å². The zero-order valence-electron chi connectivity index (χ0n) is 12.4. The fraction of sp³-hybridized carbons (Fsp3) is 1.00. The molecule has 0 aliphatic heterocycles. The number of phosphoric acid groups is 1. The van der Waals surface area contributed by atoms with Gasteiger partial charge in [0.2, 0.25) is 0 Å². The van der Waals surface area contributed by atoms with Crippen LogP contribution in [0.15, 0.2) is 0 Å². The van der Waals surface area contributed by atoms with E-state index >= 15 is 0 Å². The lowest BCUT2D eigenvalue weighted by molar-refractivity contribution is 0.213. The molecule has 0 aromatic rings. The fourth-order valence-corrected chi connectivity index (χ4v) is 1.97. The van der Waals surface area contributed by atoms with Gasteiger partial charge in [-0.1, -0.05) is 54.4 Å². The lowest BCUT2D eigenvalue weighted by atomic mass is 9.57. The van der Waals surface area contributed by atoms with Crippen molar-refractivity contribution in [3.05, 3.63) is 0 Å². The van der Waals surface area contributed by atoms with Gasteiger partial charge in [0, 0.05) is 0 Å². The summed E-state index contributed by atoms with van der Waals surface area (Å²) >= 11 is 0. The van der Waals surface area contributed by atoms with Crippen LogP contribution in [0.1, 0.15) is 60.8 Å². The highest BCUT2D eigenvalue weighted by Crippen LogP contribution is 2.46. The number of hydrogen-bond donors (Lipinski definition) is 2. The first kappa shape index (κ1) is 18.2. The summed E-state index contributed by atoms with van der Waals surface area (Å²) < 4.78 is 15.4. The highest BCUT2D eigenvalue weighted by molar-refractivity contribution is 7.47. The van der Waals surface area contributed by atoms with Crippen molar-refractivity contribution in [2.45, 2.75) is 66.6 Å². The van der Waals surface area contributed by atoms with Crippen LogP contribution in [0.5, 0.6) is 0 Å². The molecule has 0 aromatic carbocycles. The van der Waals surface area contributed by atoms with Gasteiger partial charge in [-0.05, 0) is 23.1 Å². The molecule has 0 aliphatic rings. The summed E-state index contributed by atoms with van der Waals surface area (Å²) in [5.74, 6) is 0.0186. The molecule has 2 N–H and O–H groups in total. The minimum Gasteiger partial charge on any atom is -0.355 e. The Balaban J connectivity index is 4.80. The first-order chi connectivity index (χ1) is 7.93. The summed E-state index contributed by atoms with van der Waals surface area (Å²) in [6, 6.07) is 0. The van der Waals surface area contributed by atoms with Crippen LogP contribution in [0.4, 0.5) is 0 Å². The predicted octanol–water partition coefficient (Wildman–Crippen LogP) is 3.77. The molecule has 0 rings (SSSR count). The fourth-order valence-electron chi connectivity index (χ4n) is 1.66. The number of hydrogen-bond acceptors (Lipinski definition) is 2. The van der Waals surface area contributed by atoms with E-state index in [-0.39, 0.29) is 16.6 Å². The Morgan fingerprint density at radius 2 is 1.67 bits per heavy atom. The molecule has 0 heterocycles. The van der Waals surface area contributed by atoms with Crippen LogP contribution in [0.2, 0.25) is 5.82 Å². The summed E-state index contributed by atoms with van der Waals surface area (Å²) in [4.78, 5) is 17.6. The smallest absolute Gasteiger partial charge is 0.355 e. The van der Waals surface area contributed by atoms with Crippen molar-refractivity contribution in [1.29, 1.82) is 0 Å². The van der Waals surface area contributed by atoms with Crippen molar-refractivity contribution in [2.24, 2.45) is 10.8 Å². The zero-order valence-corrected chi connectivity index (χ0v) is 13.3. The predicted molar refractivity (Wildman–Crippen MR) is 75.4 cm³/mol. The van der Waals surface area contributed by atoms with E-state index in [2.05, 4.69) is 46.0 Å². The molecular formula is C12H27BO4P. The van der Waals surface area contributed by atoms with Gasteiger partial charge >= 0.3 is 15.3 Å². The van der Waals surface area contributed by atoms with E-state index in [1.165, 1.54) is 7.48 Å². The van der Waals surface area contributed by atoms with Gasteiger partial charge in [0.15, 0.2) is 0 Å². The highest BCUT2D eigenvalue weighted by Gasteiger charge is 2.35. The Bertz CT molecular complexity index is 298. The molecule has 1 radical (unpaired) electrons.